The smallest absolute Gasteiger partial charge is 0.257 e. The molecule has 0 unspecified atom stereocenters. The van der Waals surface area contributed by atoms with Crippen molar-refractivity contribution in [1.29, 1.82) is 0 Å². The van der Waals surface area contributed by atoms with Crippen LogP contribution in [0.25, 0.3) is 0 Å². The predicted octanol–water partition coefficient (Wildman–Crippen LogP) is 3.49. The quantitative estimate of drug-likeness (QED) is 0.846. The van der Waals surface area contributed by atoms with Crippen molar-refractivity contribution in [2.45, 2.75) is 46.1 Å². The first-order valence-corrected chi connectivity index (χ1v) is 8.68. The highest BCUT2D eigenvalue weighted by molar-refractivity contribution is 5.77. The molecule has 0 saturated heterocycles. The van der Waals surface area contributed by atoms with Crippen molar-refractivity contribution in [1.82, 2.24) is 9.88 Å². The Morgan fingerprint density at radius 2 is 1.92 bits per heavy atom. The molecule has 1 N–H and O–H groups in total. The molecule has 1 aromatic carbocycles. The fourth-order valence-corrected chi connectivity index (χ4v) is 3.16. The molecule has 0 bridgehead atoms. The van der Waals surface area contributed by atoms with Gasteiger partial charge in [0.2, 0.25) is 0 Å². The summed E-state index contributed by atoms with van der Waals surface area (Å²) >= 11 is 0. The largest absolute Gasteiger partial charge is 0.484 e. The number of carbonyl (C=O) groups excluding carboxylic acids is 1. The molecule has 4 heteroatoms. The van der Waals surface area contributed by atoms with E-state index in [0.717, 1.165) is 12.2 Å². The van der Waals surface area contributed by atoms with Gasteiger partial charge < -0.3 is 14.6 Å². The Morgan fingerprint density at radius 1 is 1.21 bits per heavy atom. The number of rotatable bonds is 7. The number of ether oxygens (including phenoxy) is 1. The van der Waals surface area contributed by atoms with E-state index in [4.69, 9.17) is 4.74 Å². The molecule has 1 amide bonds. The molecule has 1 heterocycles. The van der Waals surface area contributed by atoms with Crippen molar-refractivity contribution in [3.05, 3.63) is 52.8 Å². The minimum Gasteiger partial charge on any atom is -0.484 e. The monoisotopic (exact) mass is 326 g/mol. The average molecular weight is 326 g/mol. The summed E-state index contributed by atoms with van der Waals surface area (Å²) in [7, 11) is 0. The lowest BCUT2D eigenvalue weighted by Gasteiger charge is -2.09. The zero-order valence-electron chi connectivity index (χ0n) is 14.8. The van der Waals surface area contributed by atoms with Crippen molar-refractivity contribution in [2.75, 3.05) is 13.2 Å². The Bertz CT molecular complexity index is 712. The van der Waals surface area contributed by atoms with Crippen molar-refractivity contribution >= 4 is 5.91 Å². The van der Waals surface area contributed by atoms with Crippen LogP contribution < -0.4 is 10.1 Å². The molecule has 1 fully saturated rings. The van der Waals surface area contributed by atoms with Crippen LogP contribution >= 0.6 is 0 Å². The minimum absolute atomic E-state index is 0.0597. The maximum absolute atomic E-state index is 11.9. The highest BCUT2D eigenvalue weighted by atomic mass is 16.5. The second-order valence-corrected chi connectivity index (χ2v) is 6.70. The fraction of sp³-hybridized carbons (Fsp3) is 0.450. The van der Waals surface area contributed by atoms with Crippen LogP contribution in [0.4, 0.5) is 0 Å². The third kappa shape index (κ3) is 3.99. The Balaban J connectivity index is 1.43. The molecule has 0 radical (unpaired) electrons. The summed E-state index contributed by atoms with van der Waals surface area (Å²) in [5, 5.41) is 2.94. The Labute approximate surface area is 143 Å². The Hall–Kier alpha value is -2.23. The summed E-state index contributed by atoms with van der Waals surface area (Å²) < 4.78 is 7.94. The second kappa shape index (κ2) is 7.12. The lowest BCUT2D eigenvalue weighted by Crippen LogP contribution is -2.30. The van der Waals surface area contributed by atoms with Gasteiger partial charge in [0.05, 0.1) is 0 Å². The van der Waals surface area contributed by atoms with E-state index in [2.05, 4.69) is 29.8 Å². The molecule has 0 aliphatic heterocycles. The first-order chi connectivity index (χ1) is 11.5. The first kappa shape index (κ1) is 16.6. The van der Waals surface area contributed by atoms with E-state index in [1.807, 2.05) is 31.2 Å². The molecule has 3 rings (SSSR count). The fourth-order valence-electron chi connectivity index (χ4n) is 3.16. The van der Waals surface area contributed by atoms with E-state index in [0.29, 0.717) is 12.6 Å². The summed E-state index contributed by atoms with van der Waals surface area (Å²) in [5.41, 5.74) is 5.19. The molecule has 0 atom stereocenters. The zero-order chi connectivity index (χ0) is 17.1. The van der Waals surface area contributed by atoms with Gasteiger partial charge in [-0.3, -0.25) is 4.79 Å². The molecule has 1 aliphatic carbocycles. The minimum atomic E-state index is -0.0772. The van der Waals surface area contributed by atoms with E-state index < -0.39 is 0 Å². The van der Waals surface area contributed by atoms with Crippen LogP contribution in [-0.4, -0.2) is 23.6 Å². The maximum Gasteiger partial charge on any atom is 0.257 e. The van der Waals surface area contributed by atoms with Gasteiger partial charge in [-0.1, -0.05) is 17.7 Å². The van der Waals surface area contributed by atoms with E-state index in [1.165, 1.54) is 35.4 Å². The van der Waals surface area contributed by atoms with Crippen molar-refractivity contribution in [3.8, 4) is 5.75 Å². The molecule has 1 aromatic heterocycles. The van der Waals surface area contributed by atoms with E-state index in [9.17, 15) is 4.79 Å². The van der Waals surface area contributed by atoms with Gasteiger partial charge >= 0.3 is 0 Å². The number of hydrogen-bond acceptors (Lipinski definition) is 2. The average Bonchev–Trinajstić information content (AvgIpc) is 3.34. The van der Waals surface area contributed by atoms with Gasteiger partial charge in [-0.25, -0.2) is 0 Å². The van der Waals surface area contributed by atoms with Crippen LogP contribution in [0, 0.1) is 20.8 Å². The van der Waals surface area contributed by atoms with Gasteiger partial charge in [-0.2, -0.15) is 0 Å². The van der Waals surface area contributed by atoms with E-state index in [1.54, 1.807) is 0 Å². The molecule has 24 heavy (non-hydrogen) atoms. The third-order valence-corrected chi connectivity index (χ3v) is 4.61. The van der Waals surface area contributed by atoms with Crippen molar-refractivity contribution in [2.24, 2.45) is 0 Å². The topological polar surface area (TPSA) is 43.3 Å². The van der Waals surface area contributed by atoms with E-state index >= 15 is 0 Å². The normalized spacial score (nSPS) is 13.8. The summed E-state index contributed by atoms with van der Waals surface area (Å²) in [6, 6.07) is 10.7. The van der Waals surface area contributed by atoms with Gasteiger partial charge in [-0.15, -0.1) is 0 Å². The number of carbonyl (C=O) groups is 1. The van der Waals surface area contributed by atoms with Crippen molar-refractivity contribution in [3.63, 3.8) is 0 Å². The molecule has 2 aromatic rings. The zero-order valence-corrected chi connectivity index (χ0v) is 14.8. The molecule has 1 aliphatic rings. The second-order valence-electron chi connectivity index (χ2n) is 6.70. The third-order valence-electron chi connectivity index (χ3n) is 4.61. The van der Waals surface area contributed by atoms with Gasteiger partial charge in [0.15, 0.2) is 6.61 Å². The molecule has 4 nitrogen and oxygen atoms in total. The summed E-state index contributed by atoms with van der Waals surface area (Å²) in [6.45, 7) is 7.08. The first-order valence-electron chi connectivity index (χ1n) is 8.68. The van der Waals surface area contributed by atoms with Crippen LogP contribution in [0.1, 0.15) is 41.4 Å². The number of hydrogen-bond donors (Lipinski definition) is 1. The standard InChI is InChI=1S/C20H26N2O2/c1-14-4-8-19(9-5-14)24-13-20(23)21-11-10-17-12-15(2)22(16(17)3)18-6-7-18/h4-5,8-9,12,18H,6-7,10-11,13H2,1-3H3,(H,21,23). The van der Waals surface area contributed by atoms with Crippen molar-refractivity contribution < 1.29 is 9.53 Å². The summed E-state index contributed by atoms with van der Waals surface area (Å²) in [4.78, 5) is 11.9. The number of nitrogens with zero attached hydrogens (tertiary/aromatic N) is 1. The Kier molecular flexibility index (Phi) is 4.93. The maximum atomic E-state index is 11.9. The lowest BCUT2D eigenvalue weighted by atomic mass is 10.2. The Morgan fingerprint density at radius 3 is 2.58 bits per heavy atom. The van der Waals surface area contributed by atoms with E-state index in [-0.39, 0.29) is 12.5 Å². The number of aromatic nitrogens is 1. The predicted molar refractivity (Wildman–Crippen MR) is 95.6 cm³/mol. The van der Waals surface area contributed by atoms with Gasteiger partial charge in [-0.05, 0) is 63.8 Å². The number of benzene rings is 1. The SMILES string of the molecule is Cc1ccc(OCC(=O)NCCc2cc(C)n(C3CC3)c2C)cc1. The highest BCUT2D eigenvalue weighted by Crippen LogP contribution is 2.38. The highest BCUT2D eigenvalue weighted by Gasteiger charge is 2.26. The van der Waals surface area contributed by atoms with Gasteiger partial charge in [0.25, 0.3) is 5.91 Å². The lowest BCUT2D eigenvalue weighted by molar-refractivity contribution is -0.123. The number of amides is 1. The van der Waals surface area contributed by atoms with Crippen LogP contribution in [0.3, 0.4) is 0 Å². The summed E-state index contributed by atoms with van der Waals surface area (Å²) in [5.74, 6) is 0.648. The number of aryl methyl sites for hydroxylation is 2. The van der Waals surface area contributed by atoms with Gasteiger partial charge in [0, 0.05) is 24.0 Å². The van der Waals surface area contributed by atoms with Crippen LogP contribution in [-0.2, 0) is 11.2 Å². The number of nitrogens with one attached hydrogen (secondary N) is 1. The molecule has 0 spiro atoms. The molecule has 128 valence electrons. The van der Waals surface area contributed by atoms with Crippen LogP contribution in [0.2, 0.25) is 0 Å². The summed E-state index contributed by atoms with van der Waals surface area (Å²) in [6.07, 6.45) is 3.45. The van der Waals surface area contributed by atoms with Crippen LogP contribution in [0.5, 0.6) is 5.75 Å². The molecule has 1 saturated carbocycles. The molecular formula is C20H26N2O2. The molecular weight excluding hydrogens is 300 g/mol. The van der Waals surface area contributed by atoms with Gasteiger partial charge in [0.1, 0.15) is 5.75 Å². The van der Waals surface area contributed by atoms with Crippen LogP contribution in [0.15, 0.2) is 30.3 Å².